The Hall–Kier alpha value is -0.370. The molecule has 1 saturated heterocycles. The lowest BCUT2D eigenvalue weighted by Gasteiger charge is -2.30. The lowest BCUT2D eigenvalue weighted by molar-refractivity contribution is -0.139. The zero-order chi connectivity index (χ0) is 8.39. The van der Waals surface area contributed by atoms with Crippen LogP contribution in [0.25, 0.3) is 0 Å². The molecule has 1 saturated carbocycles. The molecule has 68 valence electrons. The molecular weight excluding hydrogens is 152 g/mol. The van der Waals surface area contributed by atoms with Gasteiger partial charge >= 0.3 is 0 Å². The summed E-state index contributed by atoms with van der Waals surface area (Å²) in [6.45, 7) is 0.795. The summed E-state index contributed by atoms with van der Waals surface area (Å²) in [5.74, 6) is 0.744. The molecule has 1 atom stereocenters. The minimum atomic E-state index is -0.0379. The lowest BCUT2D eigenvalue weighted by atomic mass is 9.79. The molecule has 1 heterocycles. The van der Waals surface area contributed by atoms with Crippen molar-refractivity contribution in [3.05, 3.63) is 0 Å². The van der Waals surface area contributed by atoms with Crippen LogP contribution in [0.1, 0.15) is 38.5 Å². The third-order valence-corrected chi connectivity index (χ3v) is 3.00. The maximum atomic E-state index is 11.7. The van der Waals surface area contributed by atoms with Gasteiger partial charge in [0.1, 0.15) is 6.10 Å². The van der Waals surface area contributed by atoms with Crippen molar-refractivity contribution in [3.8, 4) is 0 Å². The van der Waals surface area contributed by atoms with Crippen molar-refractivity contribution in [2.45, 2.75) is 44.6 Å². The highest BCUT2D eigenvalue weighted by Crippen LogP contribution is 2.30. The number of ketones is 1. The van der Waals surface area contributed by atoms with Gasteiger partial charge < -0.3 is 4.74 Å². The van der Waals surface area contributed by atoms with Gasteiger partial charge in [-0.15, -0.1) is 0 Å². The summed E-state index contributed by atoms with van der Waals surface area (Å²) >= 11 is 0. The Bertz CT molecular complexity index is 167. The Morgan fingerprint density at radius 1 is 1.08 bits per heavy atom. The number of carbonyl (C=O) groups excluding carboxylic acids is 1. The number of Topliss-reactive ketones (excluding diaryl/α,β-unsaturated/α-hetero) is 1. The average molecular weight is 168 g/mol. The topological polar surface area (TPSA) is 26.3 Å². The van der Waals surface area contributed by atoms with E-state index < -0.39 is 0 Å². The fourth-order valence-corrected chi connectivity index (χ4v) is 1.92. The van der Waals surface area contributed by atoms with Crippen molar-refractivity contribution in [2.75, 3.05) is 6.61 Å². The smallest absolute Gasteiger partial charge is 0.164 e. The first kappa shape index (κ1) is 8.24. The Kier molecular flexibility index (Phi) is 2.45. The number of hydrogen-bond acceptors (Lipinski definition) is 2. The van der Waals surface area contributed by atoms with E-state index in [9.17, 15) is 4.79 Å². The Morgan fingerprint density at radius 3 is 2.42 bits per heavy atom. The molecule has 2 nitrogen and oxygen atoms in total. The van der Waals surface area contributed by atoms with Crippen LogP contribution in [0.2, 0.25) is 0 Å². The highest BCUT2D eigenvalue weighted by molar-refractivity contribution is 5.86. The summed E-state index contributed by atoms with van der Waals surface area (Å²) in [6, 6.07) is 0. The van der Waals surface area contributed by atoms with Crippen LogP contribution in [-0.2, 0) is 9.53 Å². The van der Waals surface area contributed by atoms with Crippen molar-refractivity contribution >= 4 is 5.78 Å². The van der Waals surface area contributed by atoms with E-state index in [1.165, 1.54) is 12.8 Å². The van der Waals surface area contributed by atoms with Crippen LogP contribution in [0.15, 0.2) is 0 Å². The van der Waals surface area contributed by atoms with Gasteiger partial charge in [-0.05, 0) is 32.1 Å². The number of ether oxygens (including phenoxy) is 1. The minimum absolute atomic E-state index is 0.0379. The first-order valence-corrected chi connectivity index (χ1v) is 5.03. The summed E-state index contributed by atoms with van der Waals surface area (Å²) < 4.78 is 5.45. The molecule has 0 aromatic heterocycles. The molecule has 2 aliphatic rings. The van der Waals surface area contributed by atoms with Gasteiger partial charge in [0.05, 0.1) is 0 Å². The van der Waals surface area contributed by atoms with Gasteiger partial charge in [0.2, 0.25) is 0 Å². The van der Waals surface area contributed by atoms with Gasteiger partial charge in [-0.1, -0.05) is 6.42 Å². The Morgan fingerprint density at radius 2 is 1.92 bits per heavy atom. The third-order valence-electron chi connectivity index (χ3n) is 3.00. The average Bonchev–Trinajstić information content (AvgIpc) is 2.03. The molecule has 2 heteroatoms. The van der Waals surface area contributed by atoms with Crippen molar-refractivity contribution < 1.29 is 9.53 Å². The van der Waals surface area contributed by atoms with Gasteiger partial charge in [0, 0.05) is 12.5 Å². The second-order valence-corrected chi connectivity index (χ2v) is 3.89. The first-order chi connectivity index (χ1) is 5.88. The third kappa shape index (κ3) is 1.53. The fraction of sp³-hybridized carbons (Fsp3) is 0.900. The van der Waals surface area contributed by atoms with Crippen LogP contribution in [0, 0.1) is 5.92 Å². The zero-order valence-electron chi connectivity index (χ0n) is 7.42. The fourth-order valence-electron chi connectivity index (χ4n) is 1.92. The Labute approximate surface area is 73.3 Å². The van der Waals surface area contributed by atoms with Crippen LogP contribution in [0.4, 0.5) is 0 Å². The molecule has 0 bridgehead atoms. The first-order valence-electron chi connectivity index (χ1n) is 5.03. The molecule has 1 unspecified atom stereocenters. The van der Waals surface area contributed by atoms with Crippen LogP contribution < -0.4 is 0 Å². The van der Waals surface area contributed by atoms with Crippen LogP contribution in [0.3, 0.4) is 0 Å². The van der Waals surface area contributed by atoms with Crippen LogP contribution in [-0.4, -0.2) is 18.5 Å². The highest BCUT2D eigenvalue weighted by Gasteiger charge is 2.32. The van der Waals surface area contributed by atoms with E-state index in [0.29, 0.717) is 11.7 Å². The van der Waals surface area contributed by atoms with E-state index in [1.54, 1.807) is 0 Å². The summed E-state index contributed by atoms with van der Waals surface area (Å²) in [5, 5.41) is 0. The normalized spacial score (nSPS) is 31.2. The van der Waals surface area contributed by atoms with Gasteiger partial charge in [0.15, 0.2) is 5.78 Å². The molecule has 1 aliphatic heterocycles. The maximum Gasteiger partial charge on any atom is 0.164 e. The molecule has 0 aromatic carbocycles. The predicted octanol–water partition coefficient (Wildman–Crippen LogP) is 1.92. The summed E-state index contributed by atoms with van der Waals surface area (Å²) in [5.41, 5.74) is 0. The van der Waals surface area contributed by atoms with Gasteiger partial charge in [0.25, 0.3) is 0 Å². The molecule has 0 N–H and O–H groups in total. The predicted molar refractivity (Wildman–Crippen MR) is 45.9 cm³/mol. The molecule has 2 rings (SSSR count). The molecular formula is C10H16O2. The maximum absolute atomic E-state index is 11.7. The molecule has 0 spiro atoms. The summed E-state index contributed by atoms with van der Waals surface area (Å²) in [4.78, 5) is 11.7. The van der Waals surface area contributed by atoms with E-state index in [2.05, 4.69) is 0 Å². The van der Waals surface area contributed by atoms with E-state index in [-0.39, 0.29) is 6.10 Å². The van der Waals surface area contributed by atoms with Gasteiger partial charge in [-0.25, -0.2) is 0 Å². The second-order valence-electron chi connectivity index (χ2n) is 3.89. The molecule has 0 amide bonds. The lowest BCUT2D eigenvalue weighted by Crippen LogP contribution is -2.36. The quantitative estimate of drug-likeness (QED) is 0.629. The summed E-state index contributed by atoms with van der Waals surface area (Å²) in [7, 11) is 0. The van der Waals surface area contributed by atoms with Crippen LogP contribution >= 0.6 is 0 Å². The number of hydrogen-bond donors (Lipinski definition) is 0. The van der Waals surface area contributed by atoms with E-state index in [4.69, 9.17) is 4.74 Å². The molecule has 2 fully saturated rings. The Balaban J connectivity index is 1.84. The number of carbonyl (C=O) groups is 1. The van der Waals surface area contributed by atoms with Crippen molar-refractivity contribution in [2.24, 2.45) is 5.92 Å². The molecule has 12 heavy (non-hydrogen) atoms. The molecule has 0 radical (unpaired) electrons. The van der Waals surface area contributed by atoms with Gasteiger partial charge in [-0.2, -0.15) is 0 Å². The SMILES string of the molecule is O=C(C1CCC1)C1CCCCO1. The van der Waals surface area contributed by atoms with Crippen molar-refractivity contribution in [3.63, 3.8) is 0 Å². The highest BCUT2D eigenvalue weighted by atomic mass is 16.5. The van der Waals surface area contributed by atoms with E-state index in [0.717, 1.165) is 32.3 Å². The molecule has 0 aromatic rings. The second kappa shape index (κ2) is 3.56. The molecule has 1 aliphatic carbocycles. The largest absolute Gasteiger partial charge is 0.370 e. The van der Waals surface area contributed by atoms with Crippen LogP contribution in [0.5, 0.6) is 0 Å². The van der Waals surface area contributed by atoms with E-state index in [1.807, 2.05) is 0 Å². The number of rotatable bonds is 2. The van der Waals surface area contributed by atoms with Crippen molar-refractivity contribution in [1.82, 2.24) is 0 Å². The standard InChI is InChI=1S/C10H16O2/c11-10(8-4-3-5-8)9-6-1-2-7-12-9/h8-9H,1-7H2. The summed E-state index contributed by atoms with van der Waals surface area (Å²) in [6.07, 6.45) is 6.69. The minimum Gasteiger partial charge on any atom is -0.370 e. The van der Waals surface area contributed by atoms with Crippen molar-refractivity contribution in [1.29, 1.82) is 0 Å². The monoisotopic (exact) mass is 168 g/mol. The zero-order valence-corrected chi connectivity index (χ0v) is 7.42. The van der Waals surface area contributed by atoms with E-state index >= 15 is 0 Å². The van der Waals surface area contributed by atoms with Gasteiger partial charge in [-0.3, -0.25) is 4.79 Å².